The van der Waals surface area contributed by atoms with Gasteiger partial charge in [-0.1, -0.05) is 23.2 Å². The second kappa shape index (κ2) is 8.33. The van der Waals surface area contributed by atoms with Gasteiger partial charge in [-0.2, -0.15) is 5.10 Å². The van der Waals surface area contributed by atoms with Crippen molar-refractivity contribution in [3.63, 3.8) is 0 Å². The number of hydrogen-bond donors (Lipinski definition) is 3. The molecule has 3 N–H and O–H groups in total. The minimum atomic E-state index is -0.488. The molecular weight excluding hydrogens is 353 g/mol. The minimum Gasteiger partial charge on any atom is -0.508 e. The Kier molecular flexibility index (Phi) is 6.17. The first-order valence-corrected chi connectivity index (χ1v) is 7.55. The van der Waals surface area contributed by atoms with Crippen molar-refractivity contribution in [2.45, 2.75) is 0 Å². The molecule has 0 atom stereocenters. The molecule has 0 bridgehead atoms. The second-order valence-electron chi connectivity index (χ2n) is 4.70. The molecule has 2 aromatic rings. The van der Waals surface area contributed by atoms with Crippen LogP contribution in [0.5, 0.6) is 5.75 Å². The lowest BCUT2D eigenvalue weighted by atomic mass is 10.2. The second-order valence-corrected chi connectivity index (χ2v) is 5.51. The number of hydrogen-bond acceptors (Lipinski definition) is 4. The summed E-state index contributed by atoms with van der Waals surface area (Å²) in [5.74, 6) is -0.800. The highest BCUT2D eigenvalue weighted by molar-refractivity contribution is 6.42. The Morgan fingerprint density at radius 2 is 1.79 bits per heavy atom. The van der Waals surface area contributed by atoms with E-state index in [2.05, 4.69) is 15.8 Å². The van der Waals surface area contributed by atoms with Gasteiger partial charge in [0.15, 0.2) is 0 Å². The van der Waals surface area contributed by atoms with E-state index in [9.17, 15) is 9.59 Å². The lowest BCUT2D eigenvalue weighted by molar-refractivity contribution is -0.120. The van der Waals surface area contributed by atoms with Crippen molar-refractivity contribution < 1.29 is 14.7 Å². The molecule has 0 saturated heterocycles. The number of phenolic OH excluding ortho intramolecular Hbond substituents is 1. The summed E-state index contributed by atoms with van der Waals surface area (Å²) < 4.78 is 0. The van der Waals surface area contributed by atoms with Gasteiger partial charge >= 0.3 is 0 Å². The standard InChI is InChI=1S/C16H13Cl2N3O3/c17-13-6-3-11(7-14(13)18)16(24)19-9-15(23)21-20-8-10-1-4-12(22)5-2-10/h1-8,22H,9H2,(H,19,24)(H,21,23). The van der Waals surface area contributed by atoms with Crippen LogP contribution < -0.4 is 10.7 Å². The summed E-state index contributed by atoms with van der Waals surface area (Å²) in [6.07, 6.45) is 1.41. The smallest absolute Gasteiger partial charge is 0.259 e. The number of hydrazone groups is 1. The Balaban J connectivity index is 1.81. The fraction of sp³-hybridized carbons (Fsp3) is 0.0625. The molecule has 2 amide bonds. The molecule has 0 radical (unpaired) electrons. The van der Waals surface area contributed by atoms with Gasteiger partial charge in [0.25, 0.3) is 11.8 Å². The summed E-state index contributed by atoms with van der Waals surface area (Å²) >= 11 is 11.6. The van der Waals surface area contributed by atoms with Crippen LogP contribution in [0.1, 0.15) is 15.9 Å². The molecule has 0 aliphatic carbocycles. The molecule has 6 nitrogen and oxygen atoms in total. The van der Waals surface area contributed by atoms with Gasteiger partial charge in [0.2, 0.25) is 0 Å². The van der Waals surface area contributed by atoms with E-state index in [0.717, 1.165) is 0 Å². The quantitative estimate of drug-likeness (QED) is 0.561. The number of halogens is 2. The maximum Gasteiger partial charge on any atom is 0.259 e. The summed E-state index contributed by atoms with van der Waals surface area (Å²) in [5, 5.41) is 15.9. The van der Waals surface area contributed by atoms with Crippen LogP contribution in [0.4, 0.5) is 0 Å². The van der Waals surface area contributed by atoms with Gasteiger partial charge in [0.05, 0.1) is 22.8 Å². The molecule has 0 heterocycles. The Labute approximate surface area is 148 Å². The van der Waals surface area contributed by atoms with Crippen LogP contribution in [-0.2, 0) is 4.79 Å². The largest absolute Gasteiger partial charge is 0.508 e. The molecule has 2 aromatic carbocycles. The summed E-state index contributed by atoms with van der Waals surface area (Å²) in [6, 6.07) is 10.7. The first kappa shape index (κ1) is 17.8. The maximum atomic E-state index is 11.9. The van der Waals surface area contributed by atoms with E-state index in [1.165, 1.54) is 36.5 Å². The van der Waals surface area contributed by atoms with Crippen LogP contribution in [0.2, 0.25) is 10.0 Å². The third kappa shape index (κ3) is 5.26. The SMILES string of the molecule is O=C(CNC(=O)c1ccc(Cl)c(Cl)c1)NN=Cc1ccc(O)cc1. The van der Waals surface area contributed by atoms with E-state index < -0.39 is 11.8 Å². The Bertz CT molecular complexity index is 777. The molecule has 0 aromatic heterocycles. The molecule has 0 saturated carbocycles. The van der Waals surface area contributed by atoms with Crippen LogP contribution in [0.25, 0.3) is 0 Å². The zero-order valence-corrected chi connectivity index (χ0v) is 13.8. The topological polar surface area (TPSA) is 90.8 Å². The molecule has 24 heavy (non-hydrogen) atoms. The number of phenols is 1. The molecule has 2 rings (SSSR count). The van der Waals surface area contributed by atoms with Crippen molar-refractivity contribution in [1.29, 1.82) is 0 Å². The van der Waals surface area contributed by atoms with Crippen molar-refractivity contribution in [2.75, 3.05) is 6.54 Å². The number of amides is 2. The molecule has 8 heteroatoms. The molecule has 0 aliphatic heterocycles. The Morgan fingerprint density at radius 1 is 1.08 bits per heavy atom. The third-order valence-corrected chi connectivity index (χ3v) is 3.63. The monoisotopic (exact) mass is 365 g/mol. The fourth-order valence-electron chi connectivity index (χ4n) is 1.68. The van der Waals surface area contributed by atoms with E-state index in [4.69, 9.17) is 28.3 Å². The van der Waals surface area contributed by atoms with E-state index in [0.29, 0.717) is 16.1 Å². The molecular formula is C16H13Cl2N3O3. The number of carbonyl (C=O) groups excluding carboxylic acids is 2. The van der Waals surface area contributed by atoms with Gasteiger partial charge in [-0.05, 0) is 48.0 Å². The molecule has 0 spiro atoms. The summed E-state index contributed by atoms with van der Waals surface area (Å²) in [5.41, 5.74) is 3.28. The summed E-state index contributed by atoms with van der Waals surface area (Å²) in [7, 11) is 0. The number of benzene rings is 2. The van der Waals surface area contributed by atoms with Crippen LogP contribution in [-0.4, -0.2) is 29.7 Å². The summed E-state index contributed by atoms with van der Waals surface area (Å²) in [6.45, 7) is -0.244. The van der Waals surface area contributed by atoms with Gasteiger partial charge in [-0.15, -0.1) is 0 Å². The highest BCUT2D eigenvalue weighted by atomic mass is 35.5. The fourth-order valence-corrected chi connectivity index (χ4v) is 1.98. The van der Waals surface area contributed by atoms with Crippen LogP contribution in [0, 0.1) is 0 Å². The van der Waals surface area contributed by atoms with E-state index in [1.807, 2.05) is 0 Å². The maximum absolute atomic E-state index is 11.9. The van der Waals surface area contributed by atoms with Crippen molar-refractivity contribution in [1.82, 2.24) is 10.7 Å². The summed E-state index contributed by atoms with van der Waals surface area (Å²) in [4.78, 5) is 23.5. The first-order chi connectivity index (χ1) is 11.5. The Morgan fingerprint density at radius 3 is 2.46 bits per heavy atom. The van der Waals surface area contributed by atoms with Crippen molar-refractivity contribution in [3.8, 4) is 5.75 Å². The van der Waals surface area contributed by atoms with Crippen molar-refractivity contribution >= 4 is 41.2 Å². The van der Waals surface area contributed by atoms with Gasteiger partial charge in [0, 0.05) is 5.56 Å². The van der Waals surface area contributed by atoms with E-state index >= 15 is 0 Å². The van der Waals surface area contributed by atoms with Crippen LogP contribution in [0.15, 0.2) is 47.6 Å². The lowest BCUT2D eigenvalue weighted by Gasteiger charge is -2.05. The molecule has 0 aliphatic rings. The molecule has 0 unspecified atom stereocenters. The molecule has 0 fully saturated rings. The van der Waals surface area contributed by atoms with Gasteiger partial charge < -0.3 is 10.4 Å². The average Bonchev–Trinajstić information content (AvgIpc) is 2.57. The number of carbonyl (C=O) groups is 2. The van der Waals surface area contributed by atoms with Crippen molar-refractivity contribution in [3.05, 3.63) is 63.6 Å². The number of nitrogens with zero attached hydrogens (tertiary/aromatic N) is 1. The zero-order valence-electron chi connectivity index (χ0n) is 12.3. The highest BCUT2D eigenvalue weighted by Crippen LogP contribution is 2.22. The van der Waals surface area contributed by atoms with Gasteiger partial charge in [-0.25, -0.2) is 5.43 Å². The normalized spacial score (nSPS) is 10.6. The van der Waals surface area contributed by atoms with Crippen LogP contribution in [0.3, 0.4) is 0 Å². The predicted molar refractivity (Wildman–Crippen MR) is 92.6 cm³/mol. The molecule has 124 valence electrons. The lowest BCUT2D eigenvalue weighted by Crippen LogP contribution is -2.34. The first-order valence-electron chi connectivity index (χ1n) is 6.80. The number of rotatable bonds is 5. The third-order valence-electron chi connectivity index (χ3n) is 2.89. The van der Waals surface area contributed by atoms with Gasteiger partial charge in [-0.3, -0.25) is 9.59 Å². The van der Waals surface area contributed by atoms with E-state index in [1.54, 1.807) is 12.1 Å². The average molecular weight is 366 g/mol. The number of nitrogens with one attached hydrogen (secondary N) is 2. The minimum absolute atomic E-state index is 0.140. The highest BCUT2D eigenvalue weighted by Gasteiger charge is 2.09. The van der Waals surface area contributed by atoms with Gasteiger partial charge in [0.1, 0.15) is 5.75 Å². The van der Waals surface area contributed by atoms with E-state index in [-0.39, 0.29) is 17.3 Å². The Hall–Kier alpha value is -2.57. The van der Waals surface area contributed by atoms with Crippen molar-refractivity contribution in [2.24, 2.45) is 5.10 Å². The zero-order chi connectivity index (χ0) is 17.5. The predicted octanol–water partition coefficient (Wildman–Crippen LogP) is 2.58. The number of aromatic hydroxyl groups is 1. The van der Waals surface area contributed by atoms with Crippen LogP contribution >= 0.6 is 23.2 Å².